The Kier molecular flexibility index (Phi) is 4.29. The summed E-state index contributed by atoms with van der Waals surface area (Å²) in [6, 6.07) is 9.96. The predicted octanol–water partition coefficient (Wildman–Crippen LogP) is 2.37. The Balaban J connectivity index is 2.04. The minimum absolute atomic E-state index is 0.150. The third kappa shape index (κ3) is 3.66. The molecule has 1 aromatic carbocycles. The monoisotopic (exact) mass is 348 g/mol. The van der Waals surface area contributed by atoms with Crippen LogP contribution in [0.1, 0.15) is 5.82 Å². The number of primary sulfonamides is 1. The third-order valence-electron chi connectivity index (χ3n) is 3.31. The van der Waals surface area contributed by atoms with Crippen molar-refractivity contribution >= 4 is 37.4 Å². The van der Waals surface area contributed by atoms with E-state index >= 15 is 0 Å². The van der Waals surface area contributed by atoms with Crippen LogP contribution in [0.15, 0.2) is 35.7 Å². The maximum Gasteiger partial charge on any atom is 0.210 e. The highest BCUT2D eigenvalue weighted by atomic mass is 32.2. The predicted molar refractivity (Wildman–Crippen MR) is 94.1 cm³/mol. The van der Waals surface area contributed by atoms with E-state index in [1.807, 2.05) is 42.6 Å². The van der Waals surface area contributed by atoms with Gasteiger partial charge in [0.05, 0.1) is 11.1 Å². The van der Waals surface area contributed by atoms with Gasteiger partial charge in [-0.2, -0.15) is 0 Å². The summed E-state index contributed by atoms with van der Waals surface area (Å²) in [5.74, 6) is 1.12. The maximum absolute atomic E-state index is 11.1. The van der Waals surface area contributed by atoms with Gasteiger partial charge in [0.2, 0.25) is 10.0 Å². The molecule has 0 saturated carbocycles. The number of hydrogen-bond acceptors (Lipinski definition) is 6. The third-order valence-corrected chi connectivity index (χ3v) is 4.95. The number of anilines is 1. The number of rotatable bonds is 5. The number of aromatic nitrogens is 2. The van der Waals surface area contributed by atoms with Crippen molar-refractivity contribution in [3.8, 4) is 11.1 Å². The summed E-state index contributed by atoms with van der Waals surface area (Å²) in [6.07, 6.45) is 0. The van der Waals surface area contributed by atoms with E-state index in [0.717, 1.165) is 21.3 Å². The van der Waals surface area contributed by atoms with E-state index in [2.05, 4.69) is 15.3 Å². The molecule has 3 rings (SSSR count). The molecular weight excluding hydrogens is 332 g/mol. The van der Waals surface area contributed by atoms with Crippen molar-refractivity contribution in [2.75, 3.05) is 17.6 Å². The zero-order chi connectivity index (χ0) is 16.4. The van der Waals surface area contributed by atoms with Gasteiger partial charge < -0.3 is 5.32 Å². The molecule has 3 aromatic rings. The molecule has 0 aliphatic rings. The molecule has 0 spiro atoms. The van der Waals surface area contributed by atoms with Crippen LogP contribution in [-0.2, 0) is 10.0 Å². The lowest BCUT2D eigenvalue weighted by Crippen LogP contribution is -2.22. The van der Waals surface area contributed by atoms with E-state index < -0.39 is 10.0 Å². The SMILES string of the molecule is Cc1nc(NCCS(N)(=O)=O)c2c(-c3ccccc3)csc2n1. The first kappa shape index (κ1) is 15.9. The van der Waals surface area contributed by atoms with Crippen molar-refractivity contribution < 1.29 is 8.42 Å². The summed E-state index contributed by atoms with van der Waals surface area (Å²) in [5, 5.41) is 11.1. The van der Waals surface area contributed by atoms with Crippen molar-refractivity contribution in [2.45, 2.75) is 6.92 Å². The second-order valence-corrected chi connectivity index (χ2v) is 7.70. The lowest BCUT2D eigenvalue weighted by molar-refractivity contribution is 0.598. The summed E-state index contributed by atoms with van der Waals surface area (Å²) >= 11 is 1.54. The Morgan fingerprint density at radius 1 is 1.22 bits per heavy atom. The van der Waals surface area contributed by atoms with Crippen molar-refractivity contribution in [1.29, 1.82) is 0 Å². The van der Waals surface area contributed by atoms with E-state index in [0.29, 0.717) is 11.6 Å². The number of nitrogens with one attached hydrogen (secondary N) is 1. The average Bonchev–Trinajstić information content (AvgIpc) is 2.90. The first-order chi connectivity index (χ1) is 10.9. The van der Waals surface area contributed by atoms with Gasteiger partial charge in [0.25, 0.3) is 0 Å². The van der Waals surface area contributed by atoms with Gasteiger partial charge in [-0.3, -0.25) is 0 Å². The van der Waals surface area contributed by atoms with Crippen LogP contribution in [-0.4, -0.2) is 30.7 Å². The molecule has 2 heterocycles. The number of fused-ring (bicyclic) bond motifs is 1. The summed E-state index contributed by atoms with van der Waals surface area (Å²) in [6.45, 7) is 2.01. The summed E-state index contributed by atoms with van der Waals surface area (Å²) in [5.41, 5.74) is 2.10. The molecule has 0 saturated heterocycles. The number of nitrogens with two attached hydrogens (primary N) is 1. The van der Waals surface area contributed by atoms with Crippen molar-refractivity contribution in [2.24, 2.45) is 5.14 Å². The summed E-state index contributed by atoms with van der Waals surface area (Å²) < 4.78 is 22.2. The molecule has 0 aliphatic heterocycles. The molecular formula is C15H16N4O2S2. The topological polar surface area (TPSA) is 98.0 Å². The smallest absolute Gasteiger partial charge is 0.210 e. The fraction of sp³-hybridized carbons (Fsp3) is 0.200. The van der Waals surface area contributed by atoms with Gasteiger partial charge in [-0.1, -0.05) is 30.3 Å². The van der Waals surface area contributed by atoms with Crippen LogP contribution >= 0.6 is 11.3 Å². The first-order valence-corrected chi connectivity index (χ1v) is 9.59. The zero-order valence-electron chi connectivity index (χ0n) is 12.5. The Hall–Kier alpha value is -2.03. The van der Waals surface area contributed by atoms with Crippen molar-refractivity contribution in [3.63, 3.8) is 0 Å². The van der Waals surface area contributed by atoms with Gasteiger partial charge in [0, 0.05) is 17.5 Å². The van der Waals surface area contributed by atoms with Crippen LogP contribution in [0.3, 0.4) is 0 Å². The van der Waals surface area contributed by atoms with Crippen LogP contribution < -0.4 is 10.5 Å². The first-order valence-electron chi connectivity index (χ1n) is 6.99. The normalized spacial score (nSPS) is 11.7. The second-order valence-electron chi connectivity index (χ2n) is 5.11. The van der Waals surface area contributed by atoms with Crippen LogP contribution in [0.2, 0.25) is 0 Å². The molecule has 3 N–H and O–H groups in total. The van der Waals surface area contributed by atoms with Gasteiger partial charge in [0.15, 0.2) is 0 Å². The minimum atomic E-state index is -3.51. The molecule has 0 radical (unpaired) electrons. The molecule has 0 amide bonds. The molecule has 0 atom stereocenters. The zero-order valence-corrected chi connectivity index (χ0v) is 14.1. The fourth-order valence-corrected chi connectivity index (χ4v) is 3.70. The maximum atomic E-state index is 11.1. The molecule has 2 aromatic heterocycles. The lowest BCUT2D eigenvalue weighted by Gasteiger charge is -2.09. The molecule has 23 heavy (non-hydrogen) atoms. The Labute approximate surface area is 138 Å². The quantitative estimate of drug-likeness (QED) is 0.737. The average molecular weight is 348 g/mol. The second kappa shape index (κ2) is 6.23. The molecule has 6 nitrogen and oxygen atoms in total. The van der Waals surface area contributed by atoms with Crippen LogP contribution in [0.5, 0.6) is 0 Å². The van der Waals surface area contributed by atoms with Crippen molar-refractivity contribution in [1.82, 2.24) is 9.97 Å². The van der Waals surface area contributed by atoms with Crippen molar-refractivity contribution in [3.05, 3.63) is 41.5 Å². The van der Waals surface area contributed by atoms with Gasteiger partial charge in [-0.25, -0.2) is 23.5 Å². The van der Waals surface area contributed by atoms with Crippen LogP contribution in [0.25, 0.3) is 21.3 Å². The molecule has 0 bridgehead atoms. The summed E-state index contributed by atoms with van der Waals surface area (Å²) in [7, 11) is -3.51. The molecule has 0 aliphatic carbocycles. The summed E-state index contributed by atoms with van der Waals surface area (Å²) in [4.78, 5) is 9.76. The van der Waals surface area contributed by atoms with Gasteiger partial charge in [-0.15, -0.1) is 11.3 Å². The van der Waals surface area contributed by atoms with E-state index in [-0.39, 0.29) is 12.3 Å². The minimum Gasteiger partial charge on any atom is -0.368 e. The number of sulfonamides is 1. The van der Waals surface area contributed by atoms with Gasteiger partial charge >= 0.3 is 0 Å². The number of nitrogens with zero attached hydrogens (tertiary/aromatic N) is 2. The molecule has 0 unspecified atom stereocenters. The highest BCUT2D eigenvalue weighted by Crippen LogP contribution is 2.36. The van der Waals surface area contributed by atoms with E-state index in [9.17, 15) is 8.42 Å². The van der Waals surface area contributed by atoms with E-state index in [1.165, 1.54) is 0 Å². The van der Waals surface area contributed by atoms with Gasteiger partial charge in [0.1, 0.15) is 16.5 Å². The largest absolute Gasteiger partial charge is 0.368 e. The Bertz CT molecular complexity index is 937. The lowest BCUT2D eigenvalue weighted by atomic mass is 10.1. The van der Waals surface area contributed by atoms with Crippen LogP contribution in [0, 0.1) is 6.92 Å². The Morgan fingerprint density at radius 3 is 2.65 bits per heavy atom. The van der Waals surface area contributed by atoms with Gasteiger partial charge in [-0.05, 0) is 12.5 Å². The van der Waals surface area contributed by atoms with Crippen LogP contribution in [0.4, 0.5) is 5.82 Å². The molecule has 8 heteroatoms. The van der Waals surface area contributed by atoms with E-state index in [1.54, 1.807) is 11.3 Å². The van der Waals surface area contributed by atoms with E-state index in [4.69, 9.17) is 5.14 Å². The molecule has 120 valence electrons. The number of thiophene rings is 1. The highest BCUT2D eigenvalue weighted by molar-refractivity contribution is 7.89. The number of hydrogen-bond donors (Lipinski definition) is 2. The molecule has 0 fully saturated rings. The standard InChI is InChI=1S/C15H16N4O2S2/c1-10-18-14(17-7-8-23(16,20)21)13-12(9-22-15(13)19-10)11-5-3-2-4-6-11/h2-6,9H,7-8H2,1H3,(H2,16,20,21)(H,17,18,19). The number of aryl methyl sites for hydroxylation is 1. The fourth-order valence-electron chi connectivity index (χ4n) is 2.32. The highest BCUT2D eigenvalue weighted by Gasteiger charge is 2.14. The Morgan fingerprint density at radius 2 is 1.96 bits per heavy atom. The number of benzene rings is 1.